The minimum Gasteiger partial charge on any atom is -0.444 e. The van der Waals surface area contributed by atoms with E-state index < -0.39 is 11.7 Å². The predicted octanol–water partition coefficient (Wildman–Crippen LogP) is 3.20. The van der Waals surface area contributed by atoms with Crippen molar-refractivity contribution in [3.8, 4) is 0 Å². The Morgan fingerprint density at radius 2 is 1.86 bits per heavy atom. The zero-order valence-electron chi connectivity index (χ0n) is 17.1. The van der Waals surface area contributed by atoms with E-state index in [0.717, 1.165) is 30.6 Å². The summed E-state index contributed by atoms with van der Waals surface area (Å²) in [5.41, 5.74) is -0.529. The monoisotopic (exact) mass is 409 g/mol. The Bertz CT molecular complexity index is 696. The number of alkyl carbamates (subject to hydrolysis) is 1. The van der Waals surface area contributed by atoms with Crippen LogP contribution >= 0.6 is 11.3 Å². The van der Waals surface area contributed by atoms with Crippen molar-refractivity contribution in [2.24, 2.45) is 5.92 Å². The largest absolute Gasteiger partial charge is 0.444 e. The van der Waals surface area contributed by atoms with Crippen molar-refractivity contribution in [3.05, 3.63) is 21.9 Å². The highest BCUT2D eigenvalue weighted by molar-refractivity contribution is 7.14. The van der Waals surface area contributed by atoms with Gasteiger partial charge in [0, 0.05) is 24.4 Å². The van der Waals surface area contributed by atoms with Crippen LogP contribution in [0, 0.1) is 5.92 Å². The van der Waals surface area contributed by atoms with E-state index in [1.165, 1.54) is 18.3 Å². The molecule has 2 rings (SSSR count). The molecule has 7 nitrogen and oxygen atoms in total. The fourth-order valence-corrected chi connectivity index (χ4v) is 4.07. The average Bonchev–Trinajstić information content (AvgIpc) is 3.07. The van der Waals surface area contributed by atoms with Gasteiger partial charge >= 0.3 is 6.09 Å². The van der Waals surface area contributed by atoms with E-state index in [1.54, 1.807) is 6.07 Å². The molecule has 3 amide bonds. The van der Waals surface area contributed by atoms with Crippen molar-refractivity contribution in [2.45, 2.75) is 71.6 Å². The van der Waals surface area contributed by atoms with Crippen LogP contribution in [0.2, 0.25) is 0 Å². The third-order valence-corrected chi connectivity index (χ3v) is 5.61. The molecule has 1 aliphatic carbocycles. The summed E-state index contributed by atoms with van der Waals surface area (Å²) in [6.07, 6.45) is 3.58. The predicted molar refractivity (Wildman–Crippen MR) is 109 cm³/mol. The minimum atomic E-state index is -0.529. The summed E-state index contributed by atoms with van der Waals surface area (Å²) in [6, 6.07) is 3.67. The van der Waals surface area contributed by atoms with Gasteiger partial charge in [0.15, 0.2) is 0 Å². The van der Waals surface area contributed by atoms with Gasteiger partial charge in [-0.3, -0.25) is 9.59 Å². The van der Waals surface area contributed by atoms with Gasteiger partial charge in [0.2, 0.25) is 5.91 Å². The minimum absolute atomic E-state index is 0.0251. The number of carbonyl (C=O) groups excluding carboxylic acids is 3. The molecule has 0 aromatic carbocycles. The second-order valence-electron chi connectivity index (χ2n) is 8.18. The van der Waals surface area contributed by atoms with Crippen molar-refractivity contribution in [1.29, 1.82) is 0 Å². The van der Waals surface area contributed by atoms with Crippen LogP contribution in [0.15, 0.2) is 12.1 Å². The summed E-state index contributed by atoms with van der Waals surface area (Å²) >= 11 is 1.38. The van der Waals surface area contributed by atoms with Gasteiger partial charge in [-0.2, -0.15) is 0 Å². The smallest absolute Gasteiger partial charge is 0.407 e. The first-order chi connectivity index (χ1) is 13.1. The van der Waals surface area contributed by atoms with Crippen molar-refractivity contribution in [2.75, 3.05) is 6.54 Å². The third kappa shape index (κ3) is 7.50. The Morgan fingerprint density at radius 1 is 1.14 bits per heavy atom. The Hall–Kier alpha value is -2.09. The zero-order valence-corrected chi connectivity index (χ0v) is 17.9. The fraction of sp³-hybridized carbons (Fsp3) is 0.650. The molecule has 1 fully saturated rings. The van der Waals surface area contributed by atoms with Crippen molar-refractivity contribution in [3.63, 3.8) is 0 Å². The first-order valence-electron chi connectivity index (χ1n) is 9.75. The van der Waals surface area contributed by atoms with Crippen LogP contribution in [0.25, 0.3) is 0 Å². The summed E-state index contributed by atoms with van der Waals surface area (Å²) in [5, 5.41) is 8.69. The lowest BCUT2D eigenvalue weighted by Gasteiger charge is -2.32. The molecule has 28 heavy (non-hydrogen) atoms. The summed E-state index contributed by atoms with van der Waals surface area (Å²) in [6.45, 7) is 7.87. The molecule has 1 aromatic rings. The first-order valence-corrected chi connectivity index (χ1v) is 10.6. The van der Waals surface area contributed by atoms with E-state index in [-0.39, 0.29) is 23.8 Å². The highest BCUT2D eigenvalue weighted by Crippen LogP contribution is 2.25. The van der Waals surface area contributed by atoms with E-state index in [9.17, 15) is 14.4 Å². The highest BCUT2D eigenvalue weighted by Gasteiger charge is 2.28. The molecule has 0 saturated heterocycles. The number of nitrogens with one attached hydrogen (secondary N) is 3. The molecular weight excluding hydrogens is 378 g/mol. The zero-order chi connectivity index (χ0) is 20.7. The Morgan fingerprint density at radius 3 is 2.54 bits per heavy atom. The van der Waals surface area contributed by atoms with E-state index in [1.807, 2.05) is 26.8 Å². The first kappa shape index (κ1) is 22.2. The van der Waals surface area contributed by atoms with Gasteiger partial charge in [0.25, 0.3) is 5.91 Å². The van der Waals surface area contributed by atoms with Crippen LogP contribution in [0.5, 0.6) is 0 Å². The fourth-order valence-electron chi connectivity index (χ4n) is 3.22. The van der Waals surface area contributed by atoms with Crippen LogP contribution in [0.4, 0.5) is 4.79 Å². The number of thiophene rings is 1. The maximum absolute atomic E-state index is 12.6. The lowest BCUT2D eigenvalue weighted by molar-refractivity contribution is -0.119. The second kappa shape index (κ2) is 9.91. The van der Waals surface area contributed by atoms with Crippen LogP contribution in [-0.4, -0.2) is 36.1 Å². The van der Waals surface area contributed by atoms with Crippen LogP contribution in [-0.2, 0) is 16.1 Å². The van der Waals surface area contributed by atoms with Gasteiger partial charge in [-0.05, 0) is 51.7 Å². The van der Waals surface area contributed by atoms with Crippen molar-refractivity contribution >= 4 is 29.2 Å². The number of hydrogen-bond acceptors (Lipinski definition) is 5. The van der Waals surface area contributed by atoms with E-state index in [4.69, 9.17) is 4.74 Å². The van der Waals surface area contributed by atoms with Gasteiger partial charge in [-0.25, -0.2) is 4.79 Å². The molecule has 0 unspecified atom stereocenters. The van der Waals surface area contributed by atoms with Crippen molar-refractivity contribution in [1.82, 2.24) is 16.0 Å². The summed E-state index contributed by atoms with van der Waals surface area (Å²) in [4.78, 5) is 37.1. The number of ether oxygens (including phenoxy) is 1. The maximum atomic E-state index is 12.6. The standard InChI is InChI=1S/C20H31N3O4S/c1-13(24)21-12-15-9-10-17(28-15)18(25)23-16-8-6-5-7-14(16)11-22-19(26)27-20(2,3)4/h9-10,14,16H,5-8,11-12H2,1-4H3,(H,21,24)(H,22,26)(H,23,25)/t14-,16-/m0/s1. The molecule has 2 atom stereocenters. The number of amides is 3. The van der Waals surface area contributed by atoms with E-state index in [2.05, 4.69) is 16.0 Å². The summed E-state index contributed by atoms with van der Waals surface area (Å²) in [7, 11) is 0. The molecular formula is C20H31N3O4S. The quantitative estimate of drug-likeness (QED) is 0.672. The van der Waals surface area contributed by atoms with Crippen LogP contribution < -0.4 is 16.0 Å². The van der Waals surface area contributed by atoms with Crippen molar-refractivity contribution < 1.29 is 19.1 Å². The van der Waals surface area contributed by atoms with Crippen LogP contribution in [0.1, 0.15) is 67.9 Å². The lowest BCUT2D eigenvalue weighted by atomic mass is 9.84. The lowest BCUT2D eigenvalue weighted by Crippen LogP contribution is -2.46. The number of carbonyl (C=O) groups is 3. The van der Waals surface area contributed by atoms with Gasteiger partial charge < -0.3 is 20.7 Å². The Labute approximate surface area is 170 Å². The number of hydrogen-bond donors (Lipinski definition) is 3. The van der Waals surface area contributed by atoms with Gasteiger partial charge in [0.1, 0.15) is 5.60 Å². The Kier molecular flexibility index (Phi) is 7.86. The molecule has 1 heterocycles. The Balaban J connectivity index is 1.88. The van der Waals surface area contributed by atoms with Gasteiger partial charge in [-0.15, -0.1) is 11.3 Å². The molecule has 0 spiro atoms. The highest BCUT2D eigenvalue weighted by atomic mass is 32.1. The molecule has 8 heteroatoms. The second-order valence-corrected chi connectivity index (χ2v) is 9.35. The number of rotatable bonds is 6. The molecule has 1 saturated carbocycles. The molecule has 1 aromatic heterocycles. The molecule has 0 aliphatic heterocycles. The van der Waals surface area contributed by atoms with Gasteiger partial charge in [0.05, 0.1) is 11.4 Å². The topological polar surface area (TPSA) is 96.5 Å². The molecule has 0 bridgehead atoms. The molecule has 156 valence electrons. The van der Waals surface area contributed by atoms with E-state index >= 15 is 0 Å². The SMILES string of the molecule is CC(=O)NCc1ccc(C(=O)N[C@H]2CCCC[C@H]2CNC(=O)OC(C)(C)C)s1. The maximum Gasteiger partial charge on any atom is 0.407 e. The average molecular weight is 410 g/mol. The van der Waals surface area contributed by atoms with Crippen LogP contribution in [0.3, 0.4) is 0 Å². The molecule has 0 radical (unpaired) electrons. The van der Waals surface area contributed by atoms with Gasteiger partial charge in [-0.1, -0.05) is 12.8 Å². The molecule has 3 N–H and O–H groups in total. The molecule has 1 aliphatic rings. The summed E-state index contributed by atoms with van der Waals surface area (Å²) in [5.74, 6) is -0.0146. The third-order valence-electron chi connectivity index (χ3n) is 4.53. The normalized spacial score (nSPS) is 19.6. The van der Waals surface area contributed by atoms with E-state index in [0.29, 0.717) is 18.0 Å². The summed E-state index contributed by atoms with van der Waals surface area (Å²) < 4.78 is 5.29.